The van der Waals surface area contributed by atoms with Crippen LogP contribution in [0.1, 0.15) is 48.5 Å². The molecule has 2 nitrogen and oxygen atoms in total. The van der Waals surface area contributed by atoms with Crippen LogP contribution in [0.5, 0.6) is 0 Å². The Balaban J connectivity index is 3.86. The van der Waals surface area contributed by atoms with Crippen molar-refractivity contribution in [3.05, 3.63) is 0 Å². The molecule has 2 heteroatoms. The van der Waals surface area contributed by atoms with Crippen LogP contribution in [-0.2, 0) is 0 Å². The summed E-state index contributed by atoms with van der Waals surface area (Å²) in [7, 11) is 0. The van der Waals surface area contributed by atoms with Gasteiger partial charge in [0, 0.05) is 18.1 Å². The van der Waals surface area contributed by atoms with Crippen LogP contribution in [0.25, 0.3) is 0 Å². The van der Waals surface area contributed by atoms with Crippen molar-refractivity contribution < 1.29 is 0 Å². The summed E-state index contributed by atoms with van der Waals surface area (Å²) >= 11 is 0. The second-order valence-electron chi connectivity index (χ2n) is 5.92. The first-order chi connectivity index (χ1) is 6.76. The minimum atomic E-state index is 0.239. The first kappa shape index (κ1) is 14.9. The van der Waals surface area contributed by atoms with E-state index in [4.69, 9.17) is 0 Å². The lowest BCUT2D eigenvalue weighted by atomic mass is 10.1. The fourth-order valence-electron chi connectivity index (χ4n) is 1.65. The topological polar surface area (TPSA) is 15.3 Å². The zero-order chi connectivity index (χ0) is 12.1. The molecule has 1 atom stereocenters. The molecule has 0 rings (SSSR count). The third-order valence-corrected chi connectivity index (χ3v) is 2.66. The molecule has 0 saturated carbocycles. The fourth-order valence-corrected chi connectivity index (χ4v) is 1.65. The zero-order valence-corrected chi connectivity index (χ0v) is 11.7. The smallest absolute Gasteiger partial charge is 0.00966 e. The molecule has 0 aliphatic heterocycles. The highest BCUT2D eigenvalue weighted by molar-refractivity contribution is 4.74. The Morgan fingerprint density at radius 1 is 1.13 bits per heavy atom. The van der Waals surface area contributed by atoms with Crippen LogP contribution < -0.4 is 5.32 Å². The van der Waals surface area contributed by atoms with Gasteiger partial charge in [0.1, 0.15) is 0 Å². The van der Waals surface area contributed by atoms with E-state index in [-0.39, 0.29) is 5.54 Å². The van der Waals surface area contributed by atoms with Gasteiger partial charge in [-0.3, -0.25) is 0 Å². The Labute approximate surface area is 96.4 Å². The van der Waals surface area contributed by atoms with Gasteiger partial charge in [0.15, 0.2) is 0 Å². The van der Waals surface area contributed by atoms with Gasteiger partial charge in [-0.15, -0.1) is 0 Å². The van der Waals surface area contributed by atoms with Gasteiger partial charge in [-0.05, 0) is 53.6 Å². The van der Waals surface area contributed by atoms with Crippen LogP contribution >= 0.6 is 0 Å². The van der Waals surface area contributed by atoms with Crippen molar-refractivity contribution in [3.63, 3.8) is 0 Å². The van der Waals surface area contributed by atoms with Crippen molar-refractivity contribution in [2.45, 2.75) is 60.0 Å². The fraction of sp³-hybridized carbons (Fsp3) is 1.00. The Hall–Kier alpha value is -0.0800. The van der Waals surface area contributed by atoms with E-state index in [1.54, 1.807) is 0 Å². The molecule has 1 N–H and O–H groups in total. The SMILES string of the molecule is CCN(CC(C)CNC(C)(C)C)C(C)C. The minimum absolute atomic E-state index is 0.239. The van der Waals surface area contributed by atoms with E-state index in [0.717, 1.165) is 13.1 Å². The molecule has 0 aromatic carbocycles. The first-order valence-corrected chi connectivity index (χ1v) is 6.25. The molecule has 15 heavy (non-hydrogen) atoms. The monoisotopic (exact) mass is 214 g/mol. The average Bonchev–Trinajstić information content (AvgIpc) is 2.09. The van der Waals surface area contributed by atoms with Crippen molar-refractivity contribution in [1.29, 1.82) is 0 Å². The van der Waals surface area contributed by atoms with Gasteiger partial charge in [0.05, 0.1) is 0 Å². The summed E-state index contributed by atoms with van der Waals surface area (Å²) < 4.78 is 0. The van der Waals surface area contributed by atoms with Gasteiger partial charge in [0.25, 0.3) is 0 Å². The van der Waals surface area contributed by atoms with Gasteiger partial charge in [-0.2, -0.15) is 0 Å². The summed E-state index contributed by atoms with van der Waals surface area (Å²) in [6, 6.07) is 0.659. The van der Waals surface area contributed by atoms with Crippen LogP contribution in [0.3, 0.4) is 0 Å². The molecule has 0 aliphatic rings. The Bertz CT molecular complexity index is 158. The van der Waals surface area contributed by atoms with E-state index in [9.17, 15) is 0 Å². The Morgan fingerprint density at radius 2 is 1.67 bits per heavy atom. The van der Waals surface area contributed by atoms with Crippen LogP contribution in [0, 0.1) is 5.92 Å². The van der Waals surface area contributed by atoms with Crippen molar-refractivity contribution in [3.8, 4) is 0 Å². The molecule has 0 spiro atoms. The Kier molecular flexibility index (Phi) is 6.46. The molecule has 0 heterocycles. The van der Waals surface area contributed by atoms with Gasteiger partial charge in [-0.25, -0.2) is 0 Å². The van der Waals surface area contributed by atoms with Gasteiger partial charge >= 0.3 is 0 Å². The Morgan fingerprint density at radius 3 is 2.00 bits per heavy atom. The standard InChI is InChI=1S/C13H30N2/c1-8-15(11(2)3)10-12(4)9-14-13(5,6)7/h11-12,14H,8-10H2,1-7H3. The van der Waals surface area contributed by atoms with Gasteiger partial charge < -0.3 is 10.2 Å². The summed E-state index contributed by atoms with van der Waals surface area (Å²) in [4.78, 5) is 2.52. The molecule has 92 valence electrons. The molecule has 1 unspecified atom stereocenters. The van der Waals surface area contributed by atoms with E-state index in [2.05, 4.69) is 58.7 Å². The normalized spacial score (nSPS) is 15.0. The van der Waals surface area contributed by atoms with Crippen LogP contribution in [0.15, 0.2) is 0 Å². The minimum Gasteiger partial charge on any atom is -0.312 e. The van der Waals surface area contributed by atoms with Crippen molar-refractivity contribution in [2.24, 2.45) is 5.92 Å². The lowest BCUT2D eigenvalue weighted by Crippen LogP contribution is -2.42. The van der Waals surface area contributed by atoms with Crippen molar-refractivity contribution in [1.82, 2.24) is 10.2 Å². The van der Waals surface area contributed by atoms with Crippen LogP contribution in [-0.4, -0.2) is 36.1 Å². The third-order valence-electron chi connectivity index (χ3n) is 2.66. The van der Waals surface area contributed by atoms with E-state index in [0.29, 0.717) is 12.0 Å². The van der Waals surface area contributed by atoms with Crippen LogP contribution in [0.4, 0.5) is 0 Å². The molecule has 0 bridgehead atoms. The number of rotatable bonds is 6. The zero-order valence-electron chi connectivity index (χ0n) is 11.7. The number of nitrogens with one attached hydrogen (secondary N) is 1. The summed E-state index contributed by atoms with van der Waals surface area (Å²) in [5, 5.41) is 3.56. The molecule has 0 aliphatic carbocycles. The third kappa shape index (κ3) is 7.80. The predicted molar refractivity (Wildman–Crippen MR) is 69.3 cm³/mol. The molecule has 0 aromatic rings. The number of hydrogen-bond donors (Lipinski definition) is 1. The summed E-state index contributed by atoms with van der Waals surface area (Å²) in [6.07, 6.45) is 0. The molecule has 0 fully saturated rings. The van der Waals surface area contributed by atoms with E-state index < -0.39 is 0 Å². The maximum absolute atomic E-state index is 3.56. The van der Waals surface area contributed by atoms with Crippen molar-refractivity contribution >= 4 is 0 Å². The lowest BCUT2D eigenvalue weighted by molar-refractivity contribution is 0.196. The largest absolute Gasteiger partial charge is 0.312 e. The van der Waals surface area contributed by atoms with Gasteiger partial charge in [0.2, 0.25) is 0 Å². The molecule has 0 radical (unpaired) electrons. The van der Waals surface area contributed by atoms with E-state index >= 15 is 0 Å². The quantitative estimate of drug-likeness (QED) is 0.731. The van der Waals surface area contributed by atoms with E-state index in [1.807, 2.05) is 0 Å². The highest BCUT2D eigenvalue weighted by Gasteiger charge is 2.14. The summed E-state index contributed by atoms with van der Waals surface area (Å²) in [5.41, 5.74) is 0.239. The molecule has 0 saturated heterocycles. The predicted octanol–water partition coefficient (Wildman–Crippen LogP) is 2.74. The average molecular weight is 214 g/mol. The molecular weight excluding hydrogens is 184 g/mol. The molecular formula is C13H30N2. The van der Waals surface area contributed by atoms with Gasteiger partial charge in [-0.1, -0.05) is 13.8 Å². The highest BCUT2D eigenvalue weighted by Crippen LogP contribution is 2.06. The molecule has 0 aromatic heterocycles. The second kappa shape index (κ2) is 6.49. The van der Waals surface area contributed by atoms with E-state index in [1.165, 1.54) is 6.54 Å². The summed E-state index contributed by atoms with van der Waals surface area (Å²) in [6.45, 7) is 19.2. The lowest BCUT2D eigenvalue weighted by Gasteiger charge is -2.30. The maximum atomic E-state index is 3.56. The number of hydrogen-bond acceptors (Lipinski definition) is 2. The summed E-state index contributed by atoms with van der Waals surface area (Å²) in [5.74, 6) is 0.714. The second-order valence-corrected chi connectivity index (χ2v) is 5.92. The molecule has 0 amide bonds. The first-order valence-electron chi connectivity index (χ1n) is 6.25. The number of nitrogens with zero attached hydrogens (tertiary/aromatic N) is 1. The maximum Gasteiger partial charge on any atom is 0.00966 e. The van der Waals surface area contributed by atoms with Crippen molar-refractivity contribution in [2.75, 3.05) is 19.6 Å². The van der Waals surface area contributed by atoms with Crippen LogP contribution in [0.2, 0.25) is 0 Å². The highest BCUT2D eigenvalue weighted by atomic mass is 15.1.